The monoisotopic (exact) mass is 410 g/mol. The van der Waals surface area contributed by atoms with Crippen LogP contribution in [0.5, 0.6) is 5.75 Å². The molecule has 0 atom stereocenters. The van der Waals surface area contributed by atoms with Crippen LogP contribution in [0, 0.1) is 6.92 Å². The number of aromatic nitrogens is 5. The number of hydrogen-bond acceptors (Lipinski definition) is 7. The molecule has 1 aliphatic heterocycles. The third-order valence-corrected chi connectivity index (χ3v) is 5.48. The molecule has 0 saturated carbocycles. The molecular weight excluding hydrogens is 384 g/mol. The van der Waals surface area contributed by atoms with Crippen molar-refractivity contribution in [1.29, 1.82) is 0 Å². The molecule has 2 aromatic heterocycles. The Kier molecular flexibility index (Phi) is 5.52. The number of amides is 1. The van der Waals surface area contributed by atoms with Gasteiger partial charge < -0.3 is 14.2 Å². The summed E-state index contributed by atoms with van der Waals surface area (Å²) in [5.41, 5.74) is 2.21. The van der Waals surface area contributed by atoms with Crippen molar-refractivity contribution in [2.75, 3.05) is 20.2 Å². The molecular formula is C21H26N6O3. The van der Waals surface area contributed by atoms with Crippen LogP contribution in [-0.2, 0) is 0 Å². The minimum atomic E-state index is 0.0555. The van der Waals surface area contributed by atoms with Gasteiger partial charge in [-0.1, -0.05) is 24.2 Å². The number of carbonyl (C=O) groups is 1. The normalized spacial score (nSPS) is 15.0. The van der Waals surface area contributed by atoms with E-state index in [1.54, 1.807) is 7.11 Å². The highest BCUT2D eigenvalue weighted by Gasteiger charge is 2.27. The van der Waals surface area contributed by atoms with E-state index in [2.05, 4.69) is 20.5 Å². The number of aryl methyl sites for hydroxylation is 1. The van der Waals surface area contributed by atoms with Gasteiger partial charge >= 0.3 is 0 Å². The fraction of sp³-hybridized carbons (Fsp3) is 0.476. The Morgan fingerprint density at radius 1 is 1.27 bits per heavy atom. The predicted octanol–water partition coefficient (Wildman–Crippen LogP) is 3.25. The topological polar surface area (TPSA) is 99.2 Å². The summed E-state index contributed by atoms with van der Waals surface area (Å²) in [7, 11) is 1.62. The zero-order chi connectivity index (χ0) is 21.3. The van der Waals surface area contributed by atoms with Crippen LogP contribution in [0.3, 0.4) is 0 Å². The first-order valence-electron chi connectivity index (χ1n) is 10.2. The highest BCUT2D eigenvalue weighted by atomic mass is 16.5. The fourth-order valence-corrected chi connectivity index (χ4v) is 3.63. The zero-order valence-corrected chi connectivity index (χ0v) is 17.7. The molecule has 1 aromatic carbocycles. The smallest absolute Gasteiger partial charge is 0.280 e. The van der Waals surface area contributed by atoms with Gasteiger partial charge in [0.25, 0.3) is 11.8 Å². The summed E-state index contributed by atoms with van der Waals surface area (Å²) in [6.45, 7) is 7.29. The Morgan fingerprint density at radius 2 is 2.03 bits per heavy atom. The van der Waals surface area contributed by atoms with E-state index in [0.29, 0.717) is 30.5 Å². The number of carbonyl (C=O) groups excluding carboxylic acids is 1. The molecule has 1 aliphatic rings. The maximum absolute atomic E-state index is 12.9. The molecule has 0 N–H and O–H groups in total. The molecule has 0 bridgehead atoms. The Labute approximate surface area is 175 Å². The fourth-order valence-electron chi connectivity index (χ4n) is 3.63. The highest BCUT2D eigenvalue weighted by molar-refractivity contribution is 5.95. The molecule has 9 heteroatoms. The SMILES string of the molecule is COc1ccc(C(=O)N2CCC(n3cc(-c4nc(C(C)C)no4)nn3)CC2)c(C)c1. The van der Waals surface area contributed by atoms with Crippen LogP contribution >= 0.6 is 0 Å². The summed E-state index contributed by atoms with van der Waals surface area (Å²) >= 11 is 0. The van der Waals surface area contributed by atoms with E-state index in [-0.39, 0.29) is 17.9 Å². The lowest BCUT2D eigenvalue weighted by atomic mass is 10.0. The molecule has 158 valence electrons. The lowest BCUT2D eigenvalue weighted by molar-refractivity contribution is 0.0688. The van der Waals surface area contributed by atoms with E-state index in [1.165, 1.54) is 0 Å². The van der Waals surface area contributed by atoms with Gasteiger partial charge in [-0.3, -0.25) is 4.79 Å². The molecule has 0 unspecified atom stereocenters. The molecule has 1 fully saturated rings. The van der Waals surface area contributed by atoms with Crippen molar-refractivity contribution in [1.82, 2.24) is 30.0 Å². The largest absolute Gasteiger partial charge is 0.497 e. The number of methoxy groups -OCH3 is 1. The van der Waals surface area contributed by atoms with Gasteiger partial charge in [-0.25, -0.2) is 4.68 Å². The third kappa shape index (κ3) is 3.92. The van der Waals surface area contributed by atoms with Crippen LogP contribution < -0.4 is 4.74 Å². The van der Waals surface area contributed by atoms with E-state index in [1.807, 2.05) is 54.7 Å². The summed E-state index contributed by atoms with van der Waals surface area (Å²) < 4.78 is 12.4. The molecule has 0 aliphatic carbocycles. The molecule has 0 spiro atoms. The first-order chi connectivity index (χ1) is 14.5. The van der Waals surface area contributed by atoms with E-state index >= 15 is 0 Å². The standard InChI is InChI=1S/C21H26N6O3/c1-13(2)19-22-20(30-24-19)18-12-27(25-23-18)15-7-9-26(10-8-15)21(28)17-6-5-16(29-4)11-14(17)3/h5-6,11-13,15H,7-10H2,1-4H3. The van der Waals surface area contributed by atoms with Gasteiger partial charge in [0.15, 0.2) is 11.5 Å². The highest BCUT2D eigenvalue weighted by Crippen LogP contribution is 2.26. The lowest BCUT2D eigenvalue weighted by Gasteiger charge is -2.32. The van der Waals surface area contributed by atoms with Crippen molar-refractivity contribution in [3.8, 4) is 17.3 Å². The van der Waals surface area contributed by atoms with Crippen LogP contribution in [0.4, 0.5) is 0 Å². The van der Waals surface area contributed by atoms with E-state index in [9.17, 15) is 4.79 Å². The number of hydrogen-bond donors (Lipinski definition) is 0. The maximum atomic E-state index is 12.9. The third-order valence-electron chi connectivity index (χ3n) is 5.48. The first kappa shape index (κ1) is 20.1. The number of benzene rings is 1. The number of nitrogens with zero attached hydrogens (tertiary/aromatic N) is 6. The van der Waals surface area contributed by atoms with Crippen LogP contribution in [-0.4, -0.2) is 56.1 Å². The molecule has 0 radical (unpaired) electrons. The summed E-state index contributed by atoms with van der Waals surface area (Å²) in [6, 6.07) is 5.73. The second kappa shape index (κ2) is 8.25. The lowest BCUT2D eigenvalue weighted by Crippen LogP contribution is -2.39. The maximum Gasteiger partial charge on any atom is 0.280 e. The van der Waals surface area contributed by atoms with Crippen LogP contribution in [0.1, 0.15) is 60.4 Å². The van der Waals surface area contributed by atoms with Gasteiger partial charge in [0.2, 0.25) is 0 Å². The van der Waals surface area contributed by atoms with Crippen LogP contribution in [0.15, 0.2) is 28.9 Å². The molecule has 3 aromatic rings. The molecule has 1 saturated heterocycles. The number of likely N-dealkylation sites (tertiary alicyclic amines) is 1. The first-order valence-corrected chi connectivity index (χ1v) is 10.2. The number of rotatable bonds is 5. The van der Waals surface area contributed by atoms with Gasteiger partial charge in [-0.05, 0) is 43.5 Å². The Hall–Kier alpha value is -3.23. The quantitative estimate of drug-likeness (QED) is 0.636. The predicted molar refractivity (Wildman–Crippen MR) is 109 cm³/mol. The minimum Gasteiger partial charge on any atom is -0.497 e. The zero-order valence-electron chi connectivity index (χ0n) is 17.7. The molecule has 9 nitrogen and oxygen atoms in total. The van der Waals surface area contributed by atoms with Crippen molar-refractivity contribution in [3.05, 3.63) is 41.3 Å². The van der Waals surface area contributed by atoms with Gasteiger partial charge in [0, 0.05) is 24.6 Å². The van der Waals surface area contributed by atoms with Crippen molar-refractivity contribution in [2.45, 2.75) is 45.6 Å². The van der Waals surface area contributed by atoms with Crippen molar-refractivity contribution < 1.29 is 14.1 Å². The minimum absolute atomic E-state index is 0.0555. The van der Waals surface area contributed by atoms with Crippen molar-refractivity contribution >= 4 is 5.91 Å². The molecule has 4 rings (SSSR count). The molecule has 3 heterocycles. The van der Waals surface area contributed by atoms with E-state index < -0.39 is 0 Å². The molecule has 30 heavy (non-hydrogen) atoms. The average molecular weight is 410 g/mol. The van der Waals surface area contributed by atoms with Gasteiger partial charge in [0.05, 0.1) is 19.3 Å². The summed E-state index contributed by atoms with van der Waals surface area (Å²) in [5, 5.41) is 12.4. The second-order valence-electron chi connectivity index (χ2n) is 7.90. The Morgan fingerprint density at radius 3 is 2.67 bits per heavy atom. The van der Waals surface area contributed by atoms with E-state index in [4.69, 9.17) is 9.26 Å². The summed E-state index contributed by atoms with van der Waals surface area (Å²) in [4.78, 5) is 19.2. The molecule has 1 amide bonds. The summed E-state index contributed by atoms with van der Waals surface area (Å²) in [6.07, 6.45) is 3.46. The van der Waals surface area contributed by atoms with Crippen LogP contribution in [0.2, 0.25) is 0 Å². The Balaban J connectivity index is 1.40. The van der Waals surface area contributed by atoms with E-state index in [0.717, 1.165) is 29.7 Å². The van der Waals surface area contributed by atoms with Crippen molar-refractivity contribution in [2.24, 2.45) is 0 Å². The van der Waals surface area contributed by atoms with Gasteiger partial charge in [-0.2, -0.15) is 4.98 Å². The second-order valence-corrected chi connectivity index (χ2v) is 7.90. The summed E-state index contributed by atoms with van der Waals surface area (Å²) in [5.74, 6) is 2.04. The Bertz CT molecular complexity index is 1030. The number of piperidine rings is 1. The van der Waals surface area contributed by atoms with Gasteiger partial charge in [-0.15, -0.1) is 5.10 Å². The van der Waals surface area contributed by atoms with Gasteiger partial charge in [0.1, 0.15) is 5.75 Å². The number of ether oxygens (including phenoxy) is 1. The average Bonchev–Trinajstić information content (AvgIpc) is 3.43. The van der Waals surface area contributed by atoms with Crippen molar-refractivity contribution in [3.63, 3.8) is 0 Å². The van der Waals surface area contributed by atoms with Crippen LogP contribution in [0.25, 0.3) is 11.6 Å².